The second-order valence-corrected chi connectivity index (χ2v) is 3.15. The fraction of sp³-hybridized carbons (Fsp3) is 0.364. The van der Waals surface area contributed by atoms with Gasteiger partial charge in [-0.25, -0.2) is 0 Å². The third-order valence-electron chi connectivity index (χ3n) is 2.38. The number of benzene rings is 1. The molecule has 0 aliphatic heterocycles. The first-order valence-electron chi connectivity index (χ1n) is 4.32. The highest BCUT2D eigenvalue weighted by molar-refractivity contribution is 5.42. The summed E-state index contributed by atoms with van der Waals surface area (Å²) in [5.41, 5.74) is 3.16. The van der Waals surface area contributed by atoms with Crippen LogP contribution in [-0.4, -0.2) is 5.11 Å². The molecule has 0 amide bonds. The molecule has 1 aromatic rings. The molecular weight excluding hydrogens is 162 g/mol. The Morgan fingerprint density at radius 1 is 1.31 bits per heavy atom. The summed E-state index contributed by atoms with van der Waals surface area (Å²) < 4.78 is 0. The summed E-state index contributed by atoms with van der Waals surface area (Å²) in [5, 5.41) is 17.8. The fourth-order valence-electron chi connectivity index (χ4n) is 1.32. The molecular formula is C11H13NO. The fourth-order valence-corrected chi connectivity index (χ4v) is 1.32. The van der Waals surface area contributed by atoms with Crippen molar-refractivity contribution in [3.63, 3.8) is 0 Å². The standard InChI is InChI=1S/C11H13NO/c1-8-9(2)11(13)6-5-10(8)4-3-7-12/h5-6,13H,3-4H2,1-2H3. The van der Waals surface area contributed by atoms with Gasteiger partial charge in [-0.1, -0.05) is 6.07 Å². The van der Waals surface area contributed by atoms with Crippen LogP contribution < -0.4 is 0 Å². The van der Waals surface area contributed by atoms with Gasteiger partial charge in [-0.15, -0.1) is 0 Å². The molecule has 0 unspecified atom stereocenters. The molecule has 0 aliphatic rings. The summed E-state index contributed by atoms with van der Waals surface area (Å²) in [6.45, 7) is 3.86. The summed E-state index contributed by atoms with van der Waals surface area (Å²) in [7, 11) is 0. The van der Waals surface area contributed by atoms with Crippen LogP contribution in [0.3, 0.4) is 0 Å². The van der Waals surface area contributed by atoms with Crippen LogP contribution in [0.25, 0.3) is 0 Å². The van der Waals surface area contributed by atoms with E-state index in [0.29, 0.717) is 12.2 Å². The summed E-state index contributed by atoms with van der Waals surface area (Å²) in [5.74, 6) is 0.332. The van der Waals surface area contributed by atoms with Gasteiger partial charge in [0.15, 0.2) is 0 Å². The van der Waals surface area contributed by atoms with Crippen molar-refractivity contribution in [2.45, 2.75) is 26.7 Å². The highest BCUT2D eigenvalue weighted by Gasteiger charge is 2.04. The lowest BCUT2D eigenvalue weighted by Crippen LogP contribution is -1.92. The molecule has 0 saturated heterocycles. The van der Waals surface area contributed by atoms with E-state index in [0.717, 1.165) is 23.1 Å². The Hall–Kier alpha value is -1.49. The van der Waals surface area contributed by atoms with Crippen LogP contribution >= 0.6 is 0 Å². The van der Waals surface area contributed by atoms with Gasteiger partial charge < -0.3 is 5.11 Å². The van der Waals surface area contributed by atoms with E-state index in [4.69, 9.17) is 5.26 Å². The minimum absolute atomic E-state index is 0.332. The Balaban J connectivity index is 2.98. The average molecular weight is 175 g/mol. The van der Waals surface area contributed by atoms with Crippen LogP contribution in [0.5, 0.6) is 5.75 Å². The van der Waals surface area contributed by atoms with Crippen LogP contribution in [0.2, 0.25) is 0 Å². The summed E-state index contributed by atoms with van der Waals surface area (Å²) >= 11 is 0. The van der Waals surface area contributed by atoms with Gasteiger partial charge in [-0.2, -0.15) is 5.26 Å². The largest absolute Gasteiger partial charge is 0.508 e. The van der Waals surface area contributed by atoms with E-state index in [-0.39, 0.29) is 0 Å². The topological polar surface area (TPSA) is 44.0 Å². The number of aromatic hydroxyl groups is 1. The van der Waals surface area contributed by atoms with Gasteiger partial charge in [0, 0.05) is 6.42 Å². The molecule has 68 valence electrons. The maximum absolute atomic E-state index is 9.38. The quantitative estimate of drug-likeness (QED) is 0.750. The molecule has 0 fully saturated rings. The Kier molecular flexibility index (Phi) is 2.92. The highest BCUT2D eigenvalue weighted by atomic mass is 16.3. The normalized spacial score (nSPS) is 9.62. The molecule has 0 spiro atoms. The van der Waals surface area contributed by atoms with Gasteiger partial charge in [0.2, 0.25) is 0 Å². The number of phenols is 1. The molecule has 1 aromatic carbocycles. The molecule has 0 bridgehead atoms. The van der Waals surface area contributed by atoms with Crippen molar-refractivity contribution in [2.75, 3.05) is 0 Å². The van der Waals surface area contributed by atoms with Crippen molar-refractivity contribution in [1.82, 2.24) is 0 Å². The van der Waals surface area contributed by atoms with Crippen molar-refractivity contribution in [3.8, 4) is 11.8 Å². The number of nitriles is 1. The van der Waals surface area contributed by atoms with E-state index in [1.807, 2.05) is 19.9 Å². The maximum atomic E-state index is 9.38. The number of nitrogens with zero attached hydrogens (tertiary/aromatic N) is 1. The molecule has 2 heteroatoms. The number of rotatable bonds is 2. The van der Waals surface area contributed by atoms with Gasteiger partial charge >= 0.3 is 0 Å². The minimum Gasteiger partial charge on any atom is -0.508 e. The van der Waals surface area contributed by atoms with Gasteiger partial charge in [0.1, 0.15) is 5.75 Å². The smallest absolute Gasteiger partial charge is 0.118 e. The minimum atomic E-state index is 0.332. The van der Waals surface area contributed by atoms with Crippen molar-refractivity contribution in [2.24, 2.45) is 0 Å². The number of hydrogen-bond donors (Lipinski definition) is 1. The van der Waals surface area contributed by atoms with Gasteiger partial charge in [0.05, 0.1) is 6.07 Å². The first kappa shape index (κ1) is 9.60. The first-order chi connectivity index (χ1) is 6.16. The lowest BCUT2D eigenvalue weighted by molar-refractivity contribution is 0.470. The van der Waals surface area contributed by atoms with E-state index in [1.165, 1.54) is 0 Å². The lowest BCUT2D eigenvalue weighted by Gasteiger charge is -2.08. The third kappa shape index (κ3) is 2.00. The van der Waals surface area contributed by atoms with Crippen molar-refractivity contribution >= 4 is 0 Å². The Bertz CT molecular complexity index is 350. The van der Waals surface area contributed by atoms with Crippen molar-refractivity contribution in [1.29, 1.82) is 5.26 Å². The predicted molar refractivity (Wildman–Crippen MR) is 51.5 cm³/mol. The van der Waals surface area contributed by atoms with Gasteiger partial charge in [-0.3, -0.25) is 0 Å². The molecule has 1 rings (SSSR count). The second-order valence-electron chi connectivity index (χ2n) is 3.15. The summed E-state index contributed by atoms with van der Waals surface area (Å²) in [6, 6.07) is 5.69. The number of aryl methyl sites for hydroxylation is 1. The van der Waals surface area contributed by atoms with E-state index in [9.17, 15) is 5.11 Å². The molecule has 2 nitrogen and oxygen atoms in total. The predicted octanol–water partition coefficient (Wildman–Crippen LogP) is 2.47. The number of hydrogen-bond acceptors (Lipinski definition) is 2. The van der Waals surface area contributed by atoms with Gasteiger partial charge in [0.25, 0.3) is 0 Å². The van der Waals surface area contributed by atoms with Crippen LogP contribution in [0, 0.1) is 25.2 Å². The molecule has 0 heterocycles. The van der Waals surface area contributed by atoms with Gasteiger partial charge in [-0.05, 0) is 43.0 Å². The van der Waals surface area contributed by atoms with Crippen LogP contribution in [-0.2, 0) is 6.42 Å². The maximum Gasteiger partial charge on any atom is 0.118 e. The number of phenolic OH excluding ortho intramolecular Hbond substituents is 1. The third-order valence-corrected chi connectivity index (χ3v) is 2.38. The molecule has 0 aromatic heterocycles. The summed E-state index contributed by atoms with van der Waals surface area (Å²) in [4.78, 5) is 0. The first-order valence-corrected chi connectivity index (χ1v) is 4.32. The van der Waals surface area contributed by atoms with Crippen LogP contribution in [0.1, 0.15) is 23.1 Å². The van der Waals surface area contributed by atoms with E-state index in [2.05, 4.69) is 6.07 Å². The lowest BCUT2D eigenvalue weighted by atomic mass is 9.99. The SMILES string of the molecule is Cc1c(O)ccc(CCC#N)c1C. The Labute approximate surface area is 78.4 Å². The molecule has 0 aliphatic carbocycles. The zero-order chi connectivity index (χ0) is 9.84. The summed E-state index contributed by atoms with van der Waals surface area (Å²) in [6.07, 6.45) is 1.30. The Morgan fingerprint density at radius 2 is 2.00 bits per heavy atom. The highest BCUT2D eigenvalue weighted by Crippen LogP contribution is 2.23. The van der Waals surface area contributed by atoms with E-state index < -0.39 is 0 Å². The van der Waals surface area contributed by atoms with Crippen molar-refractivity contribution < 1.29 is 5.11 Å². The zero-order valence-electron chi connectivity index (χ0n) is 7.96. The second kappa shape index (κ2) is 3.95. The molecule has 1 N–H and O–H groups in total. The molecule has 0 radical (unpaired) electrons. The molecule has 0 atom stereocenters. The monoisotopic (exact) mass is 175 g/mol. The van der Waals surface area contributed by atoms with Crippen LogP contribution in [0.15, 0.2) is 12.1 Å². The van der Waals surface area contributed by atoms with Crippen LogP contribution in [0.4, 0.5) is 0 Å². The molecule has 13 heavy (non-hydrogen) atoms. The van der Waals surface area contributed by atoms with Crippen molar-refractivity contribution in [3.05, 3.63) is 28.8 Å². The average Bonchev–Trinajstić information content (AvgIpc) is 2.13. The zero-order valence-corrected chi connectivity index (χ0v) is 7.96. The Morgan fingerprint density at radius 3 is 2.62 bits per heavy atom. The van der Waals surface area contributed by atoms with E-state index >= 15 is 0 Å². The van der Waals surface area contributed by atoms with E-state index in [1.54, 1.807) is 6.07 Å². The molecule has 0 saturated carbocycles.